The van der Waals surface area contributed by atoms with E-state index in [1.807, 2.05) is 6.07 Å². The van der Waals surface area contributed by atoms with E-state index in [1.165, 1.54) is 0 Å². The molecular formula is C16H18BrF2NO. The standard InChI is InChI=1S/C16H18BrF2NO/c1-3-7-20-14(4-2)16-6-5-15(21-16)10-8-13(19)11(17)9-12(10)18/h5-6,8-9,14,20H,3-4,7H2,1-2H3. The SMILES string of the molecule is CCCNC(CC)c1ccc(-c2cc(F)c(Br)cc2F)o1. The second-order valence-corrected chi connectivity index (χ2v) is 5.72. The van der Waals surface area contributed by atoms with Crippen LogP contribution < -0.4 is 5.32 Å². The monoisotopic (exact) mass is 357 g/mol. The van der Waals surface area contributed by atoms with Crippen molar-refractivity contribution in [3.63, 3.8) is 0 Å². The lowest BCUT2D eigenvalue weighted by Crippen LogP contribution is -2.20. The van der Waals surface area contributed by atoms with Gasteiger partial charge in [0.1, 0.15) is 23.2 Å². The van der Waals surface area contributed by atoms with E-state index in [2.05, 4.69) is 35.1 Å². The van der Waals surface area contributed by atoms with Gasteiger partial charge in [-0.15, -0.1) is 0 Å². The van der Waals surface area contributed by atoms with E-state index in [0.29, 0.717) is 5.76 Å². The summed E-state index contributed by atoms with van der Waals surface area (Å²) in [6.45, 7) is 5.03. The van der Waals surface area contributed by atoms with Crippen LogP contribution in [0.25, 0.3) is 11.3 Å². The number of furan rings is 1. The quantitative estimate of drug-likeness (QED) is 0.696. The average molecular weight is 358 g/mol. The molecule has 2 nitrogen and oxygen atoms in total. The van der Waals surface area contributed by atoms with Gasteiger partial charge in [-0.05, 0) is 59.6 Å². The first kappa shape index (κ1) is 16.2. The highest BCUT2D eigenvalue weighted by atomic mass is 79.9. The number of benzene rings is 1. The van der Waals surface area contributed by atoms with Gasteiger partial charge in [-0.25, -0.2) is 8.78 Å². The van der Waals surface area contributed by atoms with Crippen LogP contribution >= 0.6 is 15.9 Å². The number of hydrogen-bond acceptors (Lipinski definition) is 2. The highest BCUT2D eigenvalue weighted by molar-refractivity contribution is 9.10. The Balaban J connectivity index is 2.29. The summed E-state index contributed by atoms with van der Waals surface area (Å²) in [5, 5.41) is 3.37. The number of halogens is 3. The molecule has 1 aromatic heterocycles. The highest BCUT2D eigenvalue weighted by Crippen LogP contribution is 2.31. The molecule has 21 heavy (non-hydrogen) atoms. The van der Waals surface area contributed by atoms with Crippen molar-refractivity contribution < 1.29 is 13.2 Å². The van der Waals surface area contributed by atoms with Gasteiger partial charge in [0.2, 0.25) is 0 Å². The molecule has 5 heteroatoms. The Morgan fingerprint density at radius 3 is 2.62 bits per heavy atom. The molecule has 0 radical (unpaired) electrons. The molecule has 2 aromatic rings. The first-order valence-corrected chi connectivity index (χ1v) is 7.84. The first-order valence-electron chi connectivity index (χ1n) is 7.04. The predicted molar refractivity (Wildman–Crippen MR) is 83.1 cm³/mol. The van der Waals surface area contributed by atoms with E-state index in [0.717, 1.165) is 37.3 Å². The van der Waals surface area contributed by atoms with Gasteiger partial charge in [0.15, 0.2) is 0 Å². The molecule has 0 saturated carbocycles. The molecule has 2 rings (SSSR count). The second kappa shape index (κ2) is 7.18. The van der Waals surface area contributed by atoms with Crippen molar-refractivity contribution in [3.05, 3.63) is 46.1 Å². The molecule has 0 aliphatic heterocycles. The number of nitrogens with one attached hydrogen (secondary N) is 1. The minimum absolute atomic E-state index is 0.0852. The van der Waals surface area contributed by atoms with Gasteiger partial charge in [-0.1, -0.05) is 13.8 Å². The van der Waals surface area contributed by atoms with Crippen LogP contribution in [0.3, 0.4) is 0 Å². The summed E-state index contributed by atoms with van der Waals surface area (Å²) in [6, 6.07) is 5.83. The topological polar surface area (TPSA) is 25.2 Å². The van der Waals surface area contributed by atoms with Crippen molar-refractivity contribution in [2.24, 2.45) is 0 Å². The van der Waals surface area contributed by atoms with Gasteiger partial charge < -0.3 is 9.73 Å². The molecule has 0 spiro atoms. The normalized spacial score (nSPS) is 12.6. The van der Waals surface area contributed by atoms with Crippen molar-refractivity contribution in [2.75, 3.05) is 6.54 Å². The summed E-state index contributed by atoms with van der Waals surface area (Å²) in [5.41, 5.74) is 0.132. The zero-order chi connectivity index (χ0) is 15.4. The van der Waals surface area contributed by atoms with Gasteiger partial charge in [-0.2, -0.15) is 0 Å². The summed E-state index contributed by atoms with van der Waals surface area (Å²) < 4.78 is 33.3. The van der Waals surface area contributed by atoms with Crippen molar-refractivity contribution in [1.29, 1.82) is 0 Å². The Labute approximate surface area is 131 Å². The van der Waals surface area contributed by atoms with E-state index in [-0.39, 0.29) is 16.1 Å². The van der Waals surface area contributed by atoms with Gasteiger partial charge in [0.25, 0.3) is 0 Å². The fraction of sp³-hybridized carbons (Fsp3) is 0.375. The van der Waals surface area contributed by atoms with E-state index in [1.54, 1.807) is 6.07 Å². The van der Waals surface area contributed by atoms with Gasteiger partial charge >= 0.3 is 0 Å². The molecule has 1 heterocycles. The van der Waals surface area contributed by atoms with Crippen molar-refractivity contribution in [3.8, 4) is 11.3 Å². The summed E-state index contributed by atoms with van der Waals surface area (Å²) >= 11 is 2.97. The fourth-order valence-electron chi connectivity index (χ4n) is 2.16. The lowest BCUT2D eigenvalue weighted by Gasteiger charge is -2.13. The molecule has 1 atom stereocenters. The van der Waals surface area contributed by atoms with Crippen LogP contribution in [-0.4, -0.2) is 6.54 Å². The van der Waals surface area contributed by atoms with Crippen molar-refractivity contribution in [1.82, 2.24) is 5.32 Å². The zero-order valence-corrected chi connectivity index (χ0v) is 13.6. The summed E-state index contributed by atoms with van der Waals surface area (Å²) in [7, 11) is 0. The van der Waals surface area contributed by atoms with E-state index in [9.17, 15) is 8.78 Å². The van der Waals surface area contributed by atoms with Crippen LogP contribution in [0, 0.1) is 11.6 Å². The molecule has 0 amide bonds. The third-order valence-electron chi connectivity index (χ3n) is 3.29. The molecule has 1 N–H and O–H groups in total. The minimum Gasteiger partial charge on any atom is -0.459 e. The third-order valence-corrected chi connectivity index (χ3v) is 3.90. The Morgan fingerprint density at radius 1 is 1.19 bits per heavy atom. The van der Waals surface area contributed by atoms with Gasteiger partial charge in [-0.3, -0.25) is 0 Å². The average Bonchev–Trinajstić information content (AvgIpc) is 2.93. The lowest BCUT2D eigenvalue weighted by molar-refractivity contribution is 0.409. The molecule has 0 aliphatic carbocycles. The number of hydrogen-bond donors (Lipinski definition) is 1. The Bertz CT molecular complexity index is 612. The van der Waals surface area contributed by atoms with E-state index >= 15 is 0 Å². The molecule has 0 saturated heterocycles. The fourth-order valence-corrected chi connectivity index (χ4v) is 2.48. The lowest BCUT2D eigenvalue weighted by atomic mass is 10.1. The second-order valence-electron chi connectivity index (χ2n) is 4.86. The van der Waals surface area contributed by atoms with Gasteiger partial charge in [0, 0.05) is 0 Å². The maximum Gasteiger partial charge on any atom is 0.138 e. The van der Waals surface area contributed by atoms with Crippen LogP contribution in [0.15, 0.2) is 33.2 Å². The van der Waals surface area contributed by atoms with Crippen LogP contribution in [0.1, 0.15) is 38.5 Å². The molecule has 1 aromatic carbocycles. The highest BCUT2D eigenvalue weighted by Gasteiger charge is 2.17. The largest absolute Gasteiger partial charge is 0.459 e. The Hall–Kier alpha value is -1.20. The zero-order valence-electron chi connectivity index (χ0n) is 12.1. The Kier molecular flexibility index (Phi) is 5.53. The molecule has 114 valence electrons. The molecule has 0 bridgehead atoms. The molecule has 0 aliphatic rings. The molecule has 0 fully saturated rings. The molecular weight excluding hydrogens is 340 g/mol. The van der Waals surface area contributed by atoms with E-state index < -0.39 is 11.6 Å². The number of rotatable bonds is 6. The summed E-state index contributed by atoms with van der Waals surface area (Å²) in [5.74, 6) is 0.0496. The van der Waals surface area contributed by atoms with Crippen molar-refractivity contribution in [2.45, 2.75) is 32.7 Å². The third kappa shape index (κ3) is 3.71. The molecule has 1 unspecified atom stereocenters. The van der Waals surface area contributed by atoms with Crippen LogP contribution in [0.2, 0.25) is 0 Å². The first-order chi connectivity index (χ1) is 10.1. The summed E-state index contributed by atoms with van der Waals surface area (Å²) in [6.07, 6.45) is 1.89. The van der Waals surface area contributed by atoms with Crippen LogP contribution in [-0.2, 0) is 0 Å². The minimum atomic E-state index is -0.515. The predicted octanol–water partition coefficient (Wildman–Crippen LogP) is 5.44. The maximum atomic E-state index is 13.9. The van der Waals surface area contributed by atoms with E-state index in [4.69, 9.17) is 4.42 Å². The maximum absolute atomic E-state index is 13.9. The van der Waals surface area contributed by atoms with Crippen LogP contribution in [0.4, 0.5) is 8.78 Å². The van der Waals surface area contributed by atoms with Crippen LogP contribution in [0.5, 0.6) is 0 Å². The van der Waals surface area contributed by atoms with Crippen molar-refractivity contribution >= 4 is 15.9 Å². The van der Waals surface area contributed by atoms with Gasteiger partial charge in [0.05, 0.1) is 16.1 Å². The Morgan fingerprint density at radius 2 is 1.95 bits per heavy atom. The summed E-state index contributed by atoms with van der Waals surface area (Å²) in [4.78, 5) is 0. The smallest absolute Gasteiger partial charge is 0.138 e.